The van der Waals surface area contributed by atoms with Crippen molar-refractivity contribution in [3.63, 3.8) is 0 Å². The van der Waals surface area contributed by atoms with Crippen molar-refractivity contribution in [2.75, 3.05) is 7.11 Å². The minimum Gasteiger partial charge on any atom is -0.495 e. The Hall–Kier alpha value is -1.82. The lowest BCUT2D eigenvalue weighted by Crippen LogP contribution is -2.02. The molecule has 78 valence electrons. The first-order valence-electron chi connectivity index (χ1n) is 4.76. The fraction of sp³-hybridized carbons (Fsp3) is 0.333. The van der Waals surface area contributed by atoms with E-state index in [9.17, 15) is 4.79 Å². The van der Waals surface area contributed by atoms with Gasteiger partial charge in [0.25, 0.3) is 0 Å². The standard InChI is InChI=1S/C12H13NO2/c1-4-9-5-6-10(8(2)14)12(15-3)11(9)7-13/h5-6H,4H2,1-3H3. The predicted octanol–water partition coefficient (Wildman–Crippen LogP) is 2.33. The Kier molecular flexibility index (Phi) is 3.46. The van der Waals surface area contributed by atoms with Crippen molar-refractivity contribution in [3.05, 3.63) is 28.8 Å². The number of aryl methyl sites for hydroxylation is 1. The van der Waals surface area contributed by atoms with Crippen LogP contribution in [0.3, 0.4) is 0 Å². The number of hydrogen-bond donors (Lipinski definition) is 0. The summed E-state index contributed by atoms with van der Waals surface area (Å²) in [5, 5.41) is 9.03. The minimum absolute atomic E-state index is 0.0917. The molecule has 3 heteroatoms. The molecular formula is C12H13NO2. The average Bonchev–Trinajstić information content (AvgIpc) is 2.26. The largest absolute Gasteiger partial charge is 0.495 e. The SMILES string of the molecule is CCc1ccc(C(C)=O)c(OC)c1C#N. The summed E-state index contributed by atoms with van der Waals surface area (Å²) in [5.74, 6) is 0.301. The zero-order valence-corrected chi connectivity index (χ0v) is 9.13. The maximum Gasteiger partial charge on any atom is 0.163 e. The number of hydrogen-bond acceptors (Lipinski definition) is 3. The van der Waals surface area contributed by atoms with E-state index in [-0.39, 0.29) is 5.78 Å². The van der Waals surface area contributed by atoms with E-state index in [4.69, 9.17) is 10.00 Å². The fourth-order valence-electron chi connectivity index (χ4n) is 1.53. The van der Waals surface area contributed by atoms with Gasteiger partial charge in [-0.05, 0) is 25.0 Å². The zero-order valence-electron chi connectivity index (χ0n) is 9.13. The normalized spacial score (nSPS) is 9.47. The van der Waals surface area contributed by atoms with Crippen LogP contribution in [0.4, 0.5) is 0 Å². The van der Waals surface area contributed by atoms with Crippen LogP contribution in [0.1, 0.15) is 35.3 Å². The van der Waals surface area contributed by atoms with Crippen molar-refractivity contribution in [1.82, 2.24) is 0 Å². The van der Waals surface area contributed by atoms with Gasteiger partial charge < -0.3 is 4.74 Å². The summed E-state index contributed by atoms with van der Waals surface area (Å²) in [6.07, 6.45) is 0.747. The Morgan fingerprint density at radius 3 is 2.60 bits per heavy atom. The third kappa shape index (κ3) is 1.99. The predicted molar refractivity (Wildman–Crippen MR) is 57.1 cm³/mol. The Balaban J connectivity index is 3.50. The summed E-state index contributed by atoms with van der Waals surface area (Å²) in [6.45, 7) is 3.42. The first kappa shape index (κ1) is 11.3. The second-order valence-corrected chi connectivity index (χ2v) is 3.20. The highest BCUT2D eigenvalue weighted by Crippen LogP contribution is 2.27. The number of carbonyl (C=O) groups excluding carboxylic acids is 1. The van der Waals surface area contributed by atoms with Crippen LogP contribution in [0.2, 0.25) is 0 Å². The molecule has 1 rings (SSSR count). The van der Waals surface area contributed by atoms with Crippen molar-refractivity contribution in [3.8, 4) is 11.8 Å². The number of ether oxygens (including phenoxy) is 1. The Morgan fingerprint density at radius 1 is 1.53 bits per heavy atom. The molecule has 0 saturated heterocycles. The average molecular weight is 203 g/mol. The van der Waals surface area contributed by atoms with Crippen LogP contribution in [-0.2, 0) is 6.42 Å². The van der Waals surface area contributed by atoms with Crippen LogP contribution in [0.15, 0.2) is 12.1 Å². The Morgan fingerprint density at radius 2 is 2.20 bits per heavy atom. The van der Waals surface area contributed by atoms with Gasteiger partial charge in [0.1, 0.15) is 11.8 Å². The smallest absolute Gasteiger partial charge is 0.163 e. The van der Waals surface area contributed by atoms with E-state index in [0.717, 1.165) is 12.0 Å². The van der Waals surface area contributed by atoms with Gasteiger partial charge in [-0.1, -0.05) is 13.0 Å². The summed E-state index contributed by atoms with van der Waals surface area (Å²) in [5.41, 5.74) is 1.83. The fourth-order valence-corrected chi connectivity index (χ4v) is 1.53. The number of nitrogens with zero attached hydrogens (tertiary/aromatic N) is 1. The van der Waals surface area contributed by atoms with Gasteiger partial charge in [-0.25, -0.2) is 0 Å². The second kappa shape index (κ2) is 4.61. The van der Waals surface area contributed by atoms with Gasteiger partial charge in [0.05, 0.1) is 18.2 Å². The van der Waals surface area contributed by atoms with Crippen LogP contribution in [-0.4, -0.2) is 12.9 Å². The van der Waals surface area contributed by atoms with Crippen molar-refractivity contribution in [2.45, 2.75) is 20.3 Å². The molecule has 0 saturated carbocycles. The first-order valence-corrected chi connectivity index (χ1v) is 4.76. The molecule has 0 heterocycles. The van der Waals surface area contributed by atoms with Gasteiger partial charge >= 0.3 is 0 Å². The van der Waals surface area contributed by atoms with E-state index in [0.29, 0.717) is 16.9 Å². The highest BCUT2D eigenvalue weighted by Gasteiger charge is 2.15. The molecule has 0 unspecified atom stereocenters. The van der Waals surface area contributed by atoms with E-state index >= 15 is 0 Å². The molecular weight excluding hydrogens is 190 g/mol. The molecule has 15 heavy (non-hydrogen) atoms. The number of rotatable bonds is 3. The van der Waals surface area contributed by atoms with E-state index in [2.05, 4.69) is 6.07 Å². The number of benzene rings is 1. The van der Waals surface area contributed by atoms with Gasteiger partial charge in [0.2, 0.25) is 0 Å². The van der Waals surface area contributed by atoms with E-state index in [1.54, 1.807) is 12.1 Å². The molecule has 0 aromatic heterocycles. The van der Waals surface area contributed by atoms with Crippen molar-refractivity contribution >= 4 is 5.78 Å². The minimum atomic E-state index is -0.0917. The second-order valence-electron chi connectivity index (χ2n) is 3.20. The van der Waals surface area contributed by atoms with E-state index in [1.165, 1.54) is 14.0 Å². The molecule has 1 aromatic rings. The van der Waals surface area contributed by atoms with E-state index in [1.807, 2.05) is 6.92 Å². The maximum absolute atomic E-state index is 11.3. The third-order valence-corrected chi connectivity index (χ3v) is 2.32. The molecule has 0 radical (unpaired) electrons. The zero-order chi connectivity index (χ0) is 11.4. The molecule has 1 aromatic carbocycles. The van der Waals surface area contributed by atoms with Crippen LogP contribution in [0.5, 0.6) is 5.75 Å². The summed E-state index contributed by atoms with van der Waals surface area (Å²) >= 11 is 0. The molecule has 0 spiro atoms. The molecule has 0 amide bonds. The highest BCUT2D eigenvalue weighted by molar-refractivity contribution is 5.97. The molecule has 3 nitrogen and oxygen atoms in total. The van der Waals surface area contributed by atoms with Crippen LogP contribution >= 0.6 is 0 Å². The molecule has 0 aliphatic carbocycles. The number of nitriles is 1. The molecule has 0 N–H and O–H groups in total. The Bertz CT molecular complexity index is 430. The molecule has 0 atom stereocenters. The quantitative estimate of drug-likeness (QED) is 0.708. The topological polar surface area (TPSA) is 50.1 Å². The van der Waals surface area contributed by atoms with Gasteiger partial charge in [0.15, 0.2) is 5.78 Å². The lowest BCUT2D eigenvalue weighted by molar-refractivity contribution is 0.101. The monoisotopic (exact) mass is 203 g/mol. The summed E-state index contributed by atoms with van der Waals surface area (Å²) < 4.78 is 5.13. The van der Waals surface area contributed by atoms with E-state index < -0.39 is 0 Å². The third-order valence-electron chi connectivity index (χ3n) is 2.32. The number of carbonyl (C=O) groups is 1. The summed E-state index contributed by atoms with van der Waals surface area (Å²) in [4.78, 5) is 11.3. The number of methoxy groups -OCH3 is 1. The molecule has 0 aliphatic heterocycles. The lowest BCUT2D eigenvalue weighted by atomic mass is 9.99. The van der Waals surface area contributed by atoms with Gasteiger partial charge in [0, 0.05) is 0 Å². The summed E-state index contributed by atoms with van der Waals surface area (Å²) in [6, 6.07) is 5.60. The van der Waals surface area contributed by atoms with Gasteiger partial charge in [-0.3, -0.25) is 4.79 Å². The summed E-state index contributed by atoms with van der Waals surface area (Å²) in [7, 11) is 1.47. The number of ketones is 1. The van der Waals surface area contributed by atoms with Crippen molar-refractivity contribution in [1.29, 1.82) is 5.26 Å². The highest BCUT2D eigenvalue weighted by atomic mass is 16.5. The van der Waals surface area contributed by atoms with Gasteiger partial charge in [-0.15, -0.1) is 0 Å². The van der Waals surface area contributed by atoms with Gasteiger partial charge in [-0.2, -0.15) is 5.26 Å². The Labute approximate surface area is 89.3 Å². The maximum atomic E-state index is 11.3. The number of Topliss-reactive ketones (excluding diaryl/α,β-unsaturated/α-hetero) is 1. The van der Waals surface area contributed by atoms with Crippen LogP contribution < -0.4 is 4.74 Å². The lowest BCUT2D eigenvalue weighted by Gasteiger charge is -2.10. The first-order chi connectivity index (χ1) is 7.15. The van der Waals surface area contributed by atoms with Crippen molar-refractivity contribution < 1.29 is 9.53 Å². The molecule has 0 bridgehead atoms. The van der Waals surface area contributed by atoms with Crippen LogP contribution in [0.25, 0.3) is 0 Å². The molecule has 0 fully saturated rings. The van der Waals surface area contributed by atoms with Crippen LogP contribution in [0, 0.1) is 11.3 Å². The van der Waals surface area contributed by atoms with Crippen molar-refractivity contribution in [2.24, 2.45) is 0 Å². The molecule has 0 aliphatic rings.